The smallest absolute Gasteiger partial charge is 0.103 e. The SMILES string of the molecule is CCCCC(O)S1(N(C)C)C=CC=C1c1ccccc1. The highest BCUT2D eigenvalue weighted by molar-refractivity contribution is 8.41. The topological polar surface area (TPSA) is 23.5 Å². The second-order valence-corrected chi connectivity index (χ2v) is 8.64. The van der Waals surface area contributed by atoms with Gasteiger partial charge in [0.1, 0.15) is 5.44 Å². The molecule has 0 saturated carbocycles. The molecule has 1 aliphatic heterocycles. The van der Waals surface area contributed by atoms with Crippen LogP contribution in [-0.2, 0) is 0 Å². The largest absolute Gasteiger partial charge is 0.382 e. The molecule has 2 atom stereocenters. The van der Waals surface area contributed by atoms with E-state index in [4.69, 9.17) is 0 Å². The quantitative estimate of drug-likeness (QED) is 0.842. The molecule has 0 fully saturated rings. The molecule has 3 heteroatoms. The van der Waals surface area contributed by atoms with Crippen molar-refractivity contribution in [2.45, 2.75) is 31.6 Å². The molecule has 1 aromatic carbocycles. The fourth-order valence-electron chi connectivity index (χ4n) is 2.67. The van der Waals surface area contributed by atoms with Crippen LogP contribution in [0.3, 0.4) is 0 Å². The summed E-state index contributed by atoms with van der Waals surface area (Å²) in [6, 6.07) is 10.4. The third kappa shape index (κ3) is 2.71. The number of hydrogen-bond acceptors (Lipinski definition) is 2. The minimum absolute atomic E-state index is 0.303. The maximum Gasteiger partial charge on any atom is 0.103 e. The Bertz CT molecular complexity index is 495. The minimum Gasteiger partial charge on any atom is -0.382 e. The van der Waals surface area contributed by atoms with Gasteiger partial charge in [-0.25, -0.2) is 0 Å². The molecule has 110 valence electrons. The molecular formula is C17H25NOS. The third-order valence-corrected chi connectivity index (χ3v) is 7.69. The van der Waals surface area contributed by atoms with Gasteiger partial charge in [-0.1, -0.05) is 56.2 Å². The van der Waals surface area contributed by atoms with Gasteiger partial charge in [-0.05, 0) is 37.6 Å². The second-order valence-electron chi connectivity index (χ2n) is 5.31. The molecule has 0 amide bonds. The molecule has 1 aliphatic rings. The highest BCUT2D eigenvalue weighted by Crippen LogP contribution is 2.68. The van der Waals surface area contributed by atoms with E-state index in [1.165, 1.54) is 10.5 Å². The summed E-state index contributed by atoms with van der Waals surface area (Å²) in [5.41, 5.74) is 0.916. The van der Waals surface area contributed by atoms with Crippen molar-refractivity contribution in [1.29, 1.82) is 0 Å². The van der Waals surface area contributed by atoms with E-state index in [0.29, 0.717) is 0 Å². The zero-order valence-electron chi connectivity index (χ0n) is 12.6. The van der Waals surface area contributed by atoms with Crippen molar-refractivity contribution in [3.63, 3.8) is 0 Å². The van der Waals surface area contributed by atoms with E-state index in [0.717, 1.165) is 19.3 Å². The summed E-state index contributed by atoms with van der Waals surface area (Å²) >= 11 is 0. The molecule has 2 unspecified atom stereocenters. The normalized spacial score (nSPS) is 26.4. The maximum atomic E-state index is 10.8. The molecular weight excluding hydrogens is 266 g/mol. The summed E-state index contributed by atoms with van der Waals surface area (Å²) in [6.07, 6.45) is 7.32. The number of aliphatic hydroxyl groups excluding tert-OH is 1. The van der Waals surface area contributed by atoms with Gasteiger partial charge in [-0.15, -0.1) is 10.2 Å². The lowest BCUT2D eigenvalue weighted by Crippen LogP contribution is -2.28. The first-order valence-electron chi connectivity index (χ1n) is 7.24. The van der Waals surface area contributed by atoms with E-state index in [1.807, 2.05) is 6.07 Å². The molecule has 1 N–H and O–H groups in total. The van der Waals surface area contributed by atoms with Crippen LogP contribution in [0.2, 0.25) is 0 Å². The van der Waals surface area contributed by atoms with E-state index in [2.05, 4.69) is 67.1 Å². The monoisotopic (exact) mass is 291 g/mol. The Hall–Kier alpha value is -1.03. The van der Waals surface area contributed by atoms with Crippen LogP contribution in [0.1, 0.15) is 31.7 Å². The molecule has 0 aliphatic carbocycles. The number of benzene rings is 1. The molecule has 0 bridgehead atoms. The maximum absolute atomic E-state index is 10.8. The Kier molecular flexibility index (Phi) is 5.08. The van der Waals surface area contributed by atoms with Gasteiger partial charge in [0.05, 0.1) is 0 Å². The predicted octanol–water partition coefficient (Wildman–Crippen LogP) is 4.34. The van der Waals surface area contributed by atoms with Crippen molar-refractivity contribution >= 4 is 15.1 Å². The van der Waals surface area contributed by atoms with Gasteiger partial charge in [0.25, 0.3) is 0 Å². The lowest BCUT2D eigenvalue weighted by molar-refractivity contribution is 0.241. The van der Waals surface area contributed by atoms with Gasteiger partial charge < -0.3 is 5.11 Å². The first-order valence-corrected chi connectivity index (χ1v) is 8.96. The molecule has 0 spiro atoms. The number of allylic oxidation sites excluding steroid dienone is 2. The summed E-state index contributed by atoms with van der Waals surface area (Å²) in [6.45, 7) is 2.17. The van der Waals surface area contributed by atoms with Crippen molar-refractivity contribution in [2.75, 3.05) is 14.1 Å². The molecule has 2 nitrogen and oxygen atoms in total. The Morgan fingerprint density at radius 3 is 2.50 bits per heavy atom. The highest BCUT2D eigenvalue weighted by atomic mass is 32.3. The summed E-state index contributed by atoms with van der Waals surface area (Å²) in [5.74, 6) is 0. The number of hydrogen-bond donors (Lipinski definition) is 1. The van der Waals surface area contributed by atoms with Crippen LogP contribution in [0.4, 0.5) is 0 Å². The molecule has 20 heavy (non-hydrogen) atoms. The van der Waals surface area contributed by atoms with Crippen LogP contribution in [0.5, 0.6) is 0 Å². The van der Waals surface area contributed by atoms with Gasteiger partial charge in [0.15, 0.2) is 0 Å². The number of unbranched alkanes of at least 4 members (excludes halogenated alkanes) is 1. The van der Waals surface area contributed by atoms with Crippen LogP contribution in [0.25, 0.3) is 4.91 Å². The molecule has 0 saturated heterocycles. The molecule has 1 aromatic rings. The lowest BCUT2D eigenvalue weighted by atomic mass is 10.2. The third-order valence-electron chi connectivity index (χ3n) is 3.77. The van der Waals surface area contributed by atoms with Gasteiger partial charge >= 0.3 is 0 Å². The minimum atomic E-state index is -1.45. The van der Waals surface area contributed by atoms with E-state index < -0.39 is 10.2 Å². The zero-order valence-corrected chi connectivity index (χ0v) is 13.4. The number of aliphatic hydroxyl groups is 1. The first kappa shape index (κ1) is 15.4. The zero-order chi connectivity index (χ0) is 14.6. The fourth-order valence-corrected chi connectivity index (χ4v) is 6.07. The molecule has 2 rings (SSSR count). The number of nitrogens with zero attached hydrogens (tertiary/aromatic N) is 1. The lowest BCUT2D eigenvalue weighted by Gasteiger charge is -2.47. The fraction of sp³-hybridized carbons (Fsp3) is 0.412. The Morgan fingerprint density at radius 2 is 1.90 bits per heavy atom. The van der Waals surface area contributed by atoms with Crippen LogP contribution >= 0.6 is 10.2 Å². The van der Waals surface area contributed by atoms with Crippen LogP contribution in [-0.4, -0.2) is 28.9 Å². The Morgan fingerprint density at radius 1 is 1.20 bits per heavy atom. The first-order chi connectivity index (χ1) is 9.63. The summed E-state index contributed by atoms with van der Waals surface area (Å²) in [5, 5.41) is 13.1. The summed E-state index contributed by atoms with van der Waals surface area (Å²) < 4.78 is 2.22. The van der Waals surface area contributed by atoms with Gasteiger partial charge in [-0.3, -0.25) is 4.31 Å². The Balaban J connectivity index is 2.37. The van der Waals surface area contributed by atoms with E-state index >= 15 is 0 Å². The van der Waals surface area contributed by atoms with Crippen LogP contribution in [0, 0.1) is 0 Å². The molecule has 0 radical (unpaired) electrons. The van der Waals surface area contributed by atoms with Crippen molar-refractivity contribution in [1.82, 2.24) is 4.31 Å². The predicted molar refractivity (Wildman–Crippen MR) is 90.4 cm³/mol. The average molecular weight is 291 g/mol. The van der Waals surface area contributed by atoms with E-state index in [1.54, 1.807) is 0 Å². The van der Waals surface area contributed by atoms with Crippen molar-refractivity contribution in [3.05, 3.63) is 53.5 Å². The van der Waals surface area contributed by atoms with E-state index in [9.17, 15) is 5.11 Å². The van der Waals surface area contributed by atoms with Gasteiger partial charge in [-0.2, -0.15) is 0 Å². The van der Waals surface area contributed by atoms with Crippen molar-refractivity contribution in [3.8, 4) is 0 Å². The summed E-state index contributed by atoms with van der Waals surface area (Å²) in [7, 11) is 2.71. The van der Waals surface area contributed by atoms with Gasteiger partial charge in [0.2, 0.25) is 0 Å². The number of rotatable bonds is 6. The van der Waals surface area contributed by atoms with Gasteiger partial charge in [0, 0.05) is 4.91 Å². The van der Waals surface area contributed by atoms with Crippen molar-refractivity contribution < 1.29 is 5.11 Å². The van der Waals surface area contributed by atoms with Crippen molar-refractivity contribution in [2.24, 2.45) is 0 Å². The standard InChI is InChI=1S/C17H25NOS/c1-4-5-13-17(19)20(18(2)3)14-9-12-16(20)15-10-7-6-8-11-15/h6-12,14,17,19H,4-5,13H2,1-3H3. The highest BCUT2D eigenvalue weighted by Gasteiger charge is 2.38. The van der Waals surface area contributed by atoms with E-state index in [-0.39, 0.29) is 5.44 Å². The summed E-state index contributed by atoms with van der Waals surface area (Å²) in [4.78, 5) is 1.27. The van der Waals surface area contributed by atoms with Crippen LogP contribution < -0.4 is 0 Å². The molecule has 0 aromatic heterocycles. The molecule has 1 heterocycles. The Labute approximate surface area is 124 Å². The second kappa shape index (κ2) is 6.61. The average Bonchev–Trinajstić information content (AvgIpc) is 2.91. The van der Waals surface area contributed by atoms with Crippen LogP contribution in [0.15, 0.2) is 47.9 Å².